The first kappa shape index (κ1) is 9.85. The van der Waals surface area contributed by atoms with Gasteiger partial charge in [0.05, 0.1) is 11.0 Å². The smallest absolute Gasteiger partial charge is 0.104 e. The maximum Gasteiger partial charge on any atom is 0.104 e. The van der Waals surface area contributed by atoms with Crippen LogP contribution in [0.2, 0.25) is 0 Å². The number of hydrogen-bond acceptors (Lipinski definition) is 2. The van der Waals surface area contributed by atoms with Crippen LogP contribution in [0.3, 0.4) is 0 Å². The van der Waals surface area contributed by atoms with Gasteiger partial charge >= 0.3 is 0 Å². The Morgan fingerprint density at radius 1 is 1.38 bits per heavy atom. The molecule has 0 fully saturated rings. The number of fused-ring (bicyclic) bond motifs is 2. The molecule has 3 nitrogen and oxygen atoms in total. The highest BCUT2D eigenvalue weighted by Crippen LogP contribution is 2.23. The first-order valence-electron chi connectivity index (χ1n) is 5.96. The van der Waals surface area contributed by atoms with Crippen LogP contribution in [0, 0.1) is 6.92 Å². The Labute approximate surface area is 95.5 Å². The largest absolute Gasteiger partial charge is 0.342 e. The lowest BCUT2D eigenvalue weighted by Gasteiger charge is -2.27. The number of nitrogens with zero attached hydrogens (tertiary/aromatic N) is 2. The molecule has 0 bridgehead atoms. The number of imidazole rings is 1. The van der Waals surface area contributed by atoms with Gasteiger partial charge in [-0.3, -0.25) is 4.90 Å². The average Bonchev–Trinajstić information content (AvgIpc) is 2.64. The molecule has 84 valence electrons. The zero-order valence-corrected chi connectivity index (χ0v) is 9.88. The first-order valence-corrected chi connectivity index (χ1v) is 5.96. The Morgan fingerprint density at radius 2 is 2.25 bits per heavy atom. The second-order valence-corrected chi connectivity index (χ2v) is 4.58. The molecule has 3 heteroatoms. The summed E-state index contributed by atoms with van der Waals surface area (Å²) in [6.45, 7) is 7.64. The van der Waals surface area contributed by atoms with Crippen molar-refractivity contribution in [2.75, 3.05) is 13.1 Å². The normalized spacial score (nSPS) is 16.6. The predicted molar refractivity (Wildman–Crippen MR) is 65.5 cm³/mol. The summed E-state index contributed by atoms with van der Waals surface area (Å²) in [6.07, 6.45) is 1.16. The molecule has 0 spiro atoms. The molecule has 0 saturated heterocycles. The topological polar surface area (TPSA) is 31.9 Å². The lowest BCUT2D eigenvalue weighted by Crippen LogP contribution is -2.30. The molecule has 0 aliphatic carbocycles. The van der Waals surface area contributed by atoms with Crippen LogP contribution < -0.4 is 0 Å². The molecular weight excluding hydrogens is 198 g/mol. The maximum atomic E-state index is 4.49. The Bertz CT molecular complexity index is 527. The molecule has 3 rings (SSSR count). The average molecular weight is 215 g/mol. The summed E-state index contributed by atoms with van der Waals surface area (Å²) in [7, 11) is 0. The van der Waals surface area contributed by atoms with E-state index < -0.39 is 0 Å². The van der Waals surface area contributed by atoms with Crippen molar-refractivity contribution in [3.63, 3.8) is 0 Å². The van der Waals surface area contributed by atoms with E-state index in [9.17, 15) is 0 Å². The SMILES string of the molecule is CCN1CCc2cc3nc(C)[nH]c3cc2C1. The Balaban J connectivity index is 2.09. The van der Waals surface area contributed by atoms with Crippen molar-refractivity contribution in [3.05, 3.63) is 29.1 Å². The first-order chi connectivity index (χ1) is 7.76. The van der Waals surface area contributed by atoms with Gasteiger partial charge in [0.15, 0.2) is 0 Å². The summed E-state index contributed by atoms with van der Waals surface area (Å²) >= 11 is 0. The monoisotopic (exact) mass is 215 g/mol. The predicted octanol–water partition coefficient (Wildman–Crippen LogP) is 2.25. The number of likely N-dealkylation sites (N-methyl/N-ethyl adjacent to an activating group) is 1. The van der Waals surface area contributed by atoms with Gasteiger partial charge in [-0.05, 0) is 43.1 Å². The zero-order chi connectivity index (χ0) is 11.1. The van der Waals surface area contributed by atoms with Crippen LogP contribution in [0.25, 0.3) is 11.0 Å². The van der Waals surface area contributed by atoms with Crippen molar-refractivity contribution in [2.45, 2.75) is 26.8 Å². The molecule has 1 aromatic carbocycles. The summed E-state index contributed by atoms with van der Waals surface area (Å²) in [5, 5.41) is 0. The van der Waals surface area contributed by atoms with Crippen LogP contribution in [0.15, 0.2) is 12.1 Å². The van der Waals surface area contributed by atoms with Gasteiger partial charge in [-0.2, -0.15) is 0 Å². The standard InChI is InChI=1S/C13H17N3/c1-3-16-5-4-10-6-12-13(7-11(10)8-16)15-9(2)14-12/h6-7H,3-5,8H2,1-2H3,(H,14,15). The van der Waals surface area contributed by atoms with Crippen LogP contribution >= 0.6 is 0 Å². The third kappa shape index (κ3) is 1.52. The van der Waals surface area contributed by atoms with Gasteiger partial charge in [0.2, 0.25) is 0 Å². The van der Waals surface area contributed by atoms with Crippen LogP contribution in [-0.2, 0) is 13.0 Å². The van der Waals surface area contributed by atoms with Crippen molar-refractivity contribution in [1.29, 1.82) is 0 Å². The van der Waals surface area contributed by atoms with E-state index in [-0.39, 0.29) is 0 Å². The quantitative estimate of drug-likeness (QED) is 0.791. The van der Waals surface area contributed by atoms with Crippen molar-refractivity contribution < 1.29 is 0 Å². The van der Waals surface area contributed by atoms with E-state index in [1.807, 2.05) is 6.92 Å². The highest BCUT2D eigenvalue weighted by molar-refractivity contribution is 5.77. The molecular formula is C13H17N3. The van der Waals surface area contributed by atoms with Gasteiger partial charge in [0.1, 0.15) is 5.82 Å². The number of aromatic nitrogens is 2. The highest BCUT2D eigenvalue weighted by Gasteiger charge is 2.16. The van der Waals surface area contributed by atoms with E-state index in [4.69, 9.17) is 0 Å². The molecule has 1 aromatic heterocycles. The van der Waals surface area contributed by atoms with E-state index in [1.165, 1.54) is 23.2 Å². The van der Waals surface area contributed by atoms with Crippen molar-refractivity contribution in [3.8, 4) is 0 Å². The second kappa shape index (κ2) is 3.59. The maximum absolute atomic E-state index is 4.49. The van der Waals surface area contributed by atoms with Crippen LogP contribution in [-0.4, -0.2) is 28.0 Å². The van der Waals surface area contributed by atoms with Gasteiger partial charge in [0, 0.05) is 13.1 Å². The second-order valence-electron chi connectivity index (χ2n) is 4.58. The van der Waals surface area contributed by atoms with E-state index >= 15 is 0 Å². The summed E-state index contributed by atoms with van der Waals surface area (Å²) in [6, 6.07) is 4.52. The molecule has 0 saturated carbocycles. The minimum Gasteiger partial charge on any atom is -0.342 e. The highest BCUT2D eigenvalue weighted by atomic mass is 15.1. The van der Waals surface area contributed by atoms with Gasteiger partial charge < -0.3 is 4.98 Å². The molecule has 0 unspecified atom stereocenters. The van der Waals surface area contributed by atoms with Crippen molar-refractivity contribution in [1.82, 2.24) is 14.9 Å². The summed E-state index contributed by atoms with van der Waals surface area (Å²) in [4.78, 5) is 10.3. The van der Waals surface area contributed by atoms with E-state index in [2.05, 4.69) is 33.9 Å². The Kier molecular flexibility index (Phi) is 2.21. The van der Waals surface area contributed by atoms with Gasteiger partial charge in [0.25, 0.3) is 0 Å². The zero-order valence-electron chi connectivity index (χ0n) is 9.88. The molecule has 2 heterocycles. The number of nitrogens with one attached hydrogen (secondary N) is 1. The Morgan fingerprint density at radius 3 is 3.06 bits per heavy atom. The number of benzene rings is 1. The molecule has 2 aromatic rings. The van der Waals surface area contributed by atoms with E-state index in [0.717, 1.165) is 30.9 Å². The molecule has 16 heavy (non-hydrogen) atoms. The number of H-pyrrole nitrogens is 1. The van der Waals surface area contributed by atoms with Crippen molar-refractivity contribution in [2.24, 2.45) is 0 Å². The van der Waals surface area contributed by atoms with E-state index in [0.29, 0.717) is 0 Å². The Hall–Kier alpha value is -1.35. The molecule has 0 radical (unpaired) electrons. The lowest BCUT2D eigenvalue weighted by atomic mass is 9.99. The number of aryl methyl sites for hydroxylation is 1. The number of aromatic amines is 1. The third-order valence-electron chi connectivity index (χ3n) is 3.46. The summed E-state index contributed by atoms with van der Waals surface area (Å²) in [5.74, 6) is 1.00. The fourth-order valence-electron chi connectivity index (χ4n) is 2.52. The summed E-state index contributed by atoms with van der Waals surface area (Å²) in [5.41, 5.74) is 5.23. The van der Waals surface area contributed by atoms with Gasteiger partial charge in [-0.1, -0.05) is 6.92 Å². The molecule has 1 N–H and O–H groups in total. The number of rotatable bonds is 1. The van der Waals surface area contributed by atoms with Crippen LogP contribution in [0.5, 0.6) is 0 Å². The molecule has 1 aliphatic heterocycles. The van der Waals surface area contributed by atoms with Gasteiger partial charge in [-0.25, -0.2) is 4.98 Å². The minimum atomic E-state index is 1.00. The number of hydrogen-bond donors (Lipinski definition) is 1. The fourth-order valence-corrected chi connectivity index (χ4v) is 2.52. The minimum absolute atomic E-state index is 1.00. The lowest BCUT2D eigenvalue weighted by molar-refractivity contribution is 0.268. The van der Waals surface area contributed by atoms with Gasteiger partial charge in [-0.15, -0.1) is 0 Å². The van der Waals surface area contributed by atoms with Crippen molar-refractivity contribution >= 4 is 11.0 Å². The van der Waals surface area contributed by atoms with Crippen LogP contribution in [0.4, 0.5) is 0 Å². The van der Waals surface area contributed by atoms with E-state index in [1.54, 1.807) is 0 Å². The fraction of sp³-hybridized carbons (Fsp3) is 0.462. The molecule has 0 amide bonds. The summed E-state index contributed by atoms with van der Waals surface area (Å²) < 4.78 is 0. The van der Waals surface area contributed by atoms with Crippen LogP contribution in [0.1, 0.15) is 23.9 Å². The molecule has 1 aliphatic rings. The third-order valence-corrected chi connectivity index (χ3v) is 3.46. The molecule has 0 atom stereocenters.